The fraction of sp³-hybridized carbons (Fsp3) is 0.133. The van der Waals surface area contributed by atoms with Crippen molar-refractivity contribution in [2.45, 2.75) is 6.42 Å². The monoisotopic (exact) mass is 353 g/mol. The molecule has 23 heavy (non-hydrogen) atoms. The van der Waals surface area contributed by atoms with Gasteiger partial charge in [-0.15, -0.1) is 0 Å². The topological polar surface area (TPSA) is 67.2 Å². The van der Waals surface area contributed by atoms with Crippen LogP contribution in [0.4, 0.5) is 15.8 Å². The molecule has 0 aromatic heterocycles. The standard InChI is InChI=1S/C15H13ClFN3O2S/c16-13-6-5-12(20(21)22)9-14(13)19-15(23)18-8-7-10-1-3-11(17)4-2-10/h1-6,9H,7-8H2,(H2,18,19,23). The molecule has 2 aromatic carbocycles. The first-order chi connectivity index (χ1) is 11.0. The third-order valence-corrected chi connectivity index (χ3v) is 3.60. The Labute approximate surface area is 142 Å². The summed E-state index contributed by atoms with van der Waals surface area (Å²) in [6.45, 7) is 0.532. The fourth-order valence-corrected chi connectivity index (χ4v) is 2.24. The number of thiocarbonyl (C=S) groups is 1. The van der Waals surface area contributed by atoms with Crippen molar-refractivity contribution in [1.29, 1.82) is 0 Å². The highest BCUT2D eigenvalue weighted by Crippen LogP contribution is 2.26. The van der Waals surface area contributed by atoms with E-state index >= 15 is 0 Å². The molecule has 8 heteroatoms. The van der Waals surface area contributed by atoms with Gasteiger partial charge in [-0.05, 0) is 42.4 Å². The summed E-state index contributed by atoms with van der Waals surface area (Å²) in [5, 5.41) is 17.2. The number of nitro benzene ring substituents is 1. The predicted octanol–water partition coefficient (Wildman–Crippen LogP) is 3.92. The van der Waals surface area contributed by atoms with Crippen LogP contribution in [0.25, 0.3) is 0 Å². The largest absolute Gasteiger partial charge is 0.362 e. The summed E-state index contributed by atoms with van der Waals surface area (Å²) in [6.07, 6.45) is 0.658. The lowest BCUT2D eigenvalue weighted by molar-refractivity contribution is -0.384. The minimum absolute atomic E-state index is 0.0778. The molecule has 2 aromatic rings. The van der Waals surface area contributed by atoms with Crippen LogP contribution in [0.2, 0.25) is 5.02 Å². The van der Waals surface area contributed by atoms with Crippen molar-refractivity contribution < 1.29 is 9.31 Å². The molecule has 0 aliphatic carbocycles. The van der Waals surface area contributed by atoms with E-state index in [1.54, 1.807) is 12.1 Å². The molecular formula is C15H13ClFN3O2S. The van der Waals surface area contributed by atoms with Crippen molar-refractivity contribution in [2.75, 3.05) is 11.9 Å². The smallest absolute Gasteiger partial charge is 0.271 e. The molecule has 0 saturated carbocycles. The van der Waals surface area contributed by atoms with Gasteiger partial charge in [-0.2, -0.15) is 0 Å². The number of hydrogen-bond donors (Lipinski definition) is 2. The molecule has 0 unspecified atom stereocenters. The number of nitrogens with one attached hydrogen (secondary N) is 2. The lowest BCUT2D eigenvalue weighted by Crippen LogP contribution is -2.30. The van der Waals surface area contributed by atoms with E-state index in [1.165, 1.54) is 30.3 Å². The van der Waals surface area contributed by atoms with Gasteiger partial charge in [0.2, 0.25) is 0 Å². The van der Waals surface area contributed by atoms with Crippen molar-refractivity contribution in [1.82, 2.24) is 5.32 Å². The van der Waals surface area contributed by atoms with Gasteiger partial charge < -0.3 is 10.6 Å². The highest BCUT2D eigenvalue weighted by molar-refractivity contribution is 7.80. The van der Waals surface area contributed by atoms with Crippen molar-refractivity contribution in [3.05, 3.63) is 69.0 Å². The van der Waals surface area contributed by atoms with Gasteiger partial charge in [0.1, 0.15) is 5.82 Å². The molecule has 0 aliphatic rings. The van der Waals surface area contributed by atoms with Crippen molar-refractivity contribution in [3.8, 4) is 0 Å². The molecule has 2 rings (SSSR count). The van der Waals surface area contributed by atoms with Gasteiger partial charge in [0.15, 0.2) is 5.11 Å². The Morgan fingerprint density at radius 2 is 1.96 bits per heavy atom. The van der Waals surface area contributed by atoms with E-state index in [0.29, 0.717) is 28.8 Å². The highest BCUT2D eigenvalue weighted by Gasteiger charge is 2.10. The molecule has 0 bridgehead atoms. The number of non-ortho nitro benzene ring substituents is 1. The number of nitro groups is 1. The molecule has 0 radical (unpaired) electrons. The number of benzene rings is 2. The third-order valence-electron chi connectivity index (χ3n) is 3.02. The number of anilines is 1. The van der Waals surface area contributed by atoms with E-state index in [1.807, 2.05) is 0 Å². The van der Waals surface area contributed by atoms with Gasteiger partial charge in [0, 0.05) is 18.7 Å². The maximum absolute atomic E-state index is 12.8. The van der Waals surface area contributed by atoms with E-state index < -0.39 is 4.92 Å². The second kappa shape index (κ2) is 7.85. The van der Waals surface area contributed by atoms with E-state index in [2.05, 4.69) is 10.6 Å². The van der Waals surface area contributed by atoms with E-state index in [-0.39, 0.29) is 11.5 Å². The lowest BCUT2D eigenvalue weighted by atomic mass is 10.1. The summed E-state index contributed by atoms with van der Waals surface area (Å²) >= 11 is 11.1. The molecule has 0 aliphatic heterocycles. The van der Waals surface area contributed by atoms with Crippen molar-refractivity contribution in [3.63, 3.8) is 0 Å². The Hall–Kier alpha value is -2.25. The molecule has 0 amide bonds. The first-order valence-corrected chi connectivity index (χ1v) is 7.47. The van der Waals surface area contributed by atoms with Crippen molar-refractivity contribution in [2.24, 2.45) is 0 Å². The molecule has 120 valence electrons. The van der Waals surface area contributed by atoms with Crippen molar-refractivity contribution >= 4 is 40.3 Å². The second-order valence-corrected chi connectivity index (χ2v) is 5.49. The van der Waals surface area contributed by atoms with E-state index in [0.717, 1.165) is 5.56 Å². The summed E-state index contributed by atoms with van der Waals surface area (Å²) < 4.78 is 12.8. The summed E-state index contributed by atoms with van der Waals surface area (Å²) in [5.41, 5.74) is 1.25. The molecule has 0 spiro atoms. The van der Waals surface area contributed by atoms with Gasteiger partial charge in [-0.25, -0.2) is 4.39 Å². The Balaban J connectivity index is 1.88. The Bertz CT molecular complexity index is 725. The van der Waals surface area contributed by atoms with Gasteiger partial charge in [-0.3, -0.25) is 10.1 Å². The highest BCUT2D eigenvalue weighted by atomic mass is 35.5. The van der Waals surface area contributed by atoms with Crippen LogP contribution < -0.4 is 10.6 Å². The maximum atomic E-state index is 12.8. The normalized spacial score (nSPS) is 10.2. The first kappa shape index (κ1) is 17.1. The minimum Gasteiger partial charge on any atom is -0.362 e. The van der Waals surface area contributed by atoms with E-state index in [9.17, 15) is 14.5 Å². The third kappa shape index (κ3) is 5.15. The summed E-state index contributed by atoms with van der Waals surface area (Å²) in [4.78, 5) is 10.3. The summed E-state index contributed by atoms with van der Waals surface area (Å²) in [6, 6.07) is 10.3. The van der Waals surface area contributed by atoms with Crippen LogP contribution in [-0.2, 0) is 6.42 Å². The fourth-order valence-electron chi connectivity index (χ4n) is 1.86. The summed E-state index contributed by atoms with van der Waals surface area (Å²) in [5.74, 6) is -0.279. The first-order valence-electron chi connectivity index (χ1n) is 6.69. The zero-order valence-electron chi connectivity index (χ0n) is 11.9. The van der Waals surface area contributed by atoms with Crippen LogP contribution in [-0.4, -0.2) is 16.6 Å². The molecule has 0 heterocycles. The van der Waals surface area contributed by atoms with Crippen LogP contribution in [0, 0.1) is 15.9 Å². The molecule has 0 atom stereocenters. The van der Waals surface area contributed by atoms with Crippen LogP contribution in [0.1, 0.15) is 5.56 Å². The second-order valence-electron chi connectivity index (χ2n) is 4.68. The average Bonchev–Trinajstić information content (AvgIpc) is 2.51. The lowest BCUT2D eigenvalue weighted by Gasteiger charge is -2.11. The van der Waals surface area contributed by atoms with Crippen LogP contribution in [0.15, 0.2) is 42.5 Å². The Kier molecular flexibility index (Phi) is 5.84. The zero-order chi connectivity index (χ0) is 16.8. The minimum atomic E-state index is -0.507. The summed E-state index contributed by atoms with van der Waals surface area (Å²) in [7, 11) is 0. The number of rotatable bonds is 5. The van der Waals surface area contributed by atoms with E-state index in [4.69, 9.17) is 23.8 Å². The van der Waals surface area contributed by atoms with Gasteiger partial charge in [-0.1, -0.05) is 23.7 Å². The molecule has 2 N–H and O–H groups in total. The average molecular weight is 354 g/mol. The van der Waals surface area contributed by atoms with Crippen LogP contribution in [0.3, 0.4) is 0 Å². The predicted molar refractivity (Wildman–Crippen MR) is 92.4 cm³/mol. The van der Waals surface area contributed by atoms with Gasteiger partial charge in [0.05, 0.1) is 15.6 Å². The Morgan fingerprint density at radius 3 is 2.61 bits per heavy atom. The Morgan fingerprint density at radius 1 is 1.26 bits per heavy atom. The number of nitrogens with zero attached hydrogens (tertiary/aromatic N) is 1. The number of hydrogen-bond acceptors (Lipinski definition) is 3. The number of halogens is 2. The molecular weight excluding hydrogens is 341 g/mol. The molecule has 0 fully saturated rings. The SMILES string of the molecule is O=[N+]([O-])c1ccc(Cl)c(NC(=S)NCCc2ccc(F)cc2)c1. The van der Waals surface area contributed by atoms with Crippen LogP contribution >= 0.6 is 23.8 Å². The molecule has 5 nitrogen and oxygen atoms in total. The van der Waals surface area contributed by atoms with Gasteiger partial charge in [0.25, 0.3) is 5.69 Å². The zero-order valence-corrected chi connectivity index (χ0v) is 13.5. The quantitative estimate of drug-likeness (QED) is 0.484. The molecule has 0 saturated heterocycles. The van der Waals surface area contributed by atoms with Crippen LogP contribution in [0.5, 0.6) is 0 Å². The van der Waals surface area contributed by atoms with Gasteiger partial charge >= 0.3 is 0 Å². The maximum Gasteiger partial charge on any atom is 0.271 e.